The van der Waals surface area contributed by atoms with Gasteiger partial charge in [0.2, 0.25) is 0 Å². The van der Waals surface area contributed by atoms with Crippen LogP contribution in [0.1, 0.15) is 29.7 Å². The molecule has 1 unspecified atom stereocenters. The smallest absolute Gasteiger partial charge is 0.162 e. The van der Waals surface area contributed by atoms with Crippen LogP contribution in [0.5, 0.6) is 11.5 Å². The van der Waals surface area contributed by atoms with Crippen molar-refractivity contribution in [3.05, 3.63) is 59.2 Å². The third-order valence-corrected chi connectivity index (χ3v) is 3.19. The van der Waals surface area contributed by atoms with Crippen molar-refractivity contribution in [1.29, 1.82) is 0 Å². The average molecular weight is 272 g/mol. The van der Waals surface area contributed by atoms with E-state index in [1.54, 1.807) is 14.0 Å². The normalized spacial score (nSPS) is 12.0. The fraction of sp³-hybridized carbons (Fsp3) is 0.294. The number of ether oxygens (including phenoxy) is 2. The highest BCUT2D eigenvalue weighted by atomic mass is 16.5. The van der Waals surface area contributed by atoms with Gasteiger partial charge in [-0.2, -0.15) is 0 Å². The van der Waals surface area contributed by atoms with Gasteiger partial charge in [-0.15, -0.1) is 0 Å². The molecule has 0 bridgehead atoms. The molecule has 0 aliphatic rings. The van der Waals surface area contributed by atoms with Crippen LogP contribution in [0.4, 0.5) is 0 Å². The molecule has 0 amide bonds. The van der Waals surface area contributed by atoms with E-state index in [1.165, 1.54) is 5.56 Å². The highest BCUT2D eigenvalue weighted by Gasteiger charge is 2.09. The lowest BCUT2D eigenvalue weighted by Crippen LogP contribution is -2.00. The monoisotopic (exact) mass is 272 g/mol. The van der Waals surface area contributed by atoms with Gasteiger partial charge in [0.25, 0.3) is 0 Å². The number of rotatable bonds is 5. The minimum atomic E-state index is -0.525. The van der Waals surface area contributed by atoms with Crippen LogP contribution in [0.15, 0.2) is 42.5 Å². The zero-order valence-electron chi connectivity index (χ0n) is 12.1. The van der Waals surface area contributed by atoms with Crippen molar-refractivity contribution in [3.63, 3.8) is 0 Å². The van der Waals surface area contributed by atoms with Gasteiger partial charge in [-0.05, 0) is 37.1 Å². The third kappa shape index (κ3) is 3.52. The lowest BCUT2D eigenvalue weighted by atomic mass is 10.1. The zero-order valence-corrected chi connectivity index (χ0v) is 12.1. The maximum Gasteiger partial charge on any atom is 0.162 e. The zero-order chi connectivity index (χ0) is 14.5. The van der Waals surface area contributed by atoms with Crippen molar-refractivity contribution in [2.75, 3.05) is 7.11 Å². The SMILES string of the molecule is COc1ccc(C(C)O)cc1OCc1ccc(C)cc1. The molecule has 2 aromatic carbocycles. The highest BCUT2D eigenvalue weighted by molar-refractivity contribution is 5.43. The topological polar surface area (TPSA) is 38.7 Å². The number of methoxy groups -OCH3 is 1. The molecule has 1 atom stereocenters. The van der Waals surface area contributed by atoms with E-state index >= 15 is 0 Å². The second-order valence-corrected chi connectivity index (χ2v) is 4.86. The first-order chi connectivity index (χ1) is 9.60. The molecule has 0 aromatic heterocycles. The molecule has 0 radical (unpaired) electrons. The molecule has 2 aromatic rings. The summed E-state index contributed by atoms with van der Waals surface area (Å²) in [5, 5.41) is 9.63. The molecular weight excluding hydrogens is 252 g/mol. The van der Waals surface area contributed by atoms with Crippen LogP contribution in [0.2, 0.25) is 0 Å². The van der Waals surface area contributed by atoms with Gasteiger partial charge in [-0.25, -0.2) is 0 Å². The van der Waals surface area contributed by atoms with E-state index in [4.69, 9.17) is 9.47 Å². The van der Waals surface area contributed by atoms with E-state index in [1.807, 2.05) is 30.3 Å². The molecule has 0 saturated carbocycles. The number of aliphatic hydroxyl groups is 1. The maximum absolute atomic E-state index is 9.63. The molecular formula is C17H20O3. The van der Waals surface area contributed by atoms with Gasteiger partial charge in [0.1, 0.15) is 6.61 Å². The highest BCUT2D eigenvalue weighted by Crippen LogP contribution is 2.30. The Kier molecular flexibility index (Phi) is 4.64. The summed E-state index contributed by atoms with van der Waals surface area (Å²) >= 11 is 0. The first-order valence-corrected chi connectivity index (χ1v) is 6.64. The lowest BCUT2D eigenvalue weighted by Gasteiger charge is -2.13. The largest absolute Gasteiger partial charge is 0.493 e. The first kappa shape index (κ1) is 14.4. The molecule has 0 saturated heterocycles. The Labute approximate surface area is 119 Å². The molecule has 0 spiro atoms. The summed E-state index contributed by atoms with van der Waals surface area (Å²) in [6, 6.07) is 13.7. The lowest BCUT2D eigenvalue weighted by molar-refractivity contribution is 0.198. The van der Waals surface area contributed by atoms with Crippen LogP contribution >= 0.6 is 0 Å². The van der Waals surface area contributed by atoms with Crippen molar-refractivity contribution in [3.8, 4) is 11.5 Å². The predicted molar refractivity (Wildman–Crippen MR) is 79.1 cm³/mol. The van der Waals surface area contributed by atoms with Gasteiger partial charge in [-0.3, -0.25) is 0 Å². The second-order valence-electron chi connectivity index (χ2n) is 4.86. The van der Waals surface area contributed by atoms with Crippen molar-refractivity contribution in [2.45, 2.75) is 26.6 Å². The Hall–Kier alpha value is -2.00. The Morgan fingerprint density at radius 3 is 2.35 bits per heavy atom. The second kappa shape index (κ2) is 6.44. The number of aliphatic hydroxyl groups excluding tert-OH is 1. The van der Waals surface area contributed by atoms with Gasteiger partial charge in [0.05, 0.1) is 13.2 Å². The number of hydrogen-bond acceptors (Lipinski definition) is 3. The molecule has 0 heterocycles. The van der Waals surface area contributed by atoms with Crippen molar-refractivity contribution < 1.29 is 14.6 Å². The van der Waals surface area contributed by atoms with Gasteiger partial charge in [-0.1, -0.05) is 35.9 Å². The summed E-state index contributed by atoms with van der Waals surface area (Å²) in [5.74, 6) is 1.31. The molecule has 0 fully saturated rings. The number of benzene rings is 2. The summed E-state index contributed by atoms with van der Waals surface area (Å²) in [4.78, 5) is 0. The van der Waals surface area contributed by atoms with Crippen LogP contribution in [-0.2, 0) is 6.61 Å². The van der Waals surface area contributed by atoms with E-state index in [0.29, 0.717) is 18.1 Å². The molecule has 20 heavy (non-hydrogen) atoms. The Morgan fingerprint density at radius 1 is 1.05 bits per heavy atom. The van der Waals surface area contributed by atoms with Crippen LogP contribution in [0.3, 0.4) is 0 Å². The summed E-state index contributed by atoms with van der Waals surface area (Å²) in [6.07, 6.45) is -0.525. The van der Waals surface area contributed by atoms with E-state index in [0.717, 1.165) is 11.1 Å². The van der Waals surface area contributed by atoms with Gasteiger partial charge in [0, 0.05) is 0 Å². The first-order valence-electron chi connectivity index (χ1n) is 6.64. The van der Waals surface area contributed by atoms with Crippen LogP contribution < -0.4 is 9.47 Å². The summed E-state index contributed by atoms with van der Waals surface area (Å²) in [6.45, 7) is 4.26. The van der Waals surface area contributed by atoms with Gasteiger partial charge < -0.3 is 14.6 Å². The summed E-state index contributed by atoms with van der Waals surface area (Å²) in [7, 11) is 1.61. The Balaban J connectivity index is 2.14. The van der Waals surface area contributed by atoms with Crippen molar-refractivity contribution >= 4 is 0 Å². The van der Waals surface area contributed by atoms with Crippen molar-refractivity contribution in [1.82, 2.24) is 0 Å². The molecule has 106 valence electrons. The van der Waals surface area contributed by atoms with Crippen LogP contribution in [-0.4, -0.2) is 12.2 Å². The quantitative estimate of drug-likeness (QED) is 0.903. The average Bonchev–Trinajstić information content (AvgIpc) is 2.46. The van der Waals surface area contributed by atoms with Crippen LogP contribution in [0.25, 0.3) is 0 Å². The summed E-state index contributed by atoms with van der Waals surface area (Å²) < 4.78 is 11.1. The van der Waals surface area contributed by atoms with Gasteiger partial charge >= 0.3 is 0 Å². The van der Waals surface area contributed by atoms with Crippen LogP contribution in [0, 0.1) is 6.92 Å². The molecule has 2 rings (SSSR count). The number of aryl methyl sites for hydroxylation is 1. The van der Waals surface area contributed by atoms with Crippen molar-refractivity contribution in [2.24, 2.45) is 0 Å². The molecule has 0 aliphatic heterocycles. The van der Waals surface area contributed by atoms with E-state index in [-0.39, 0.29) is 0 Å². The van der Waals surface area contributed by atoms with Gasteiger partial charge in [0.15, 0.2) is 11.5 Å². The number of hydrogen-bond donors (Lipinski definition) is 1. The molecule has 3 heteroatoms. The van der Waals surface area contributed by atoms with E-state index in [2.05, 4.69) is 19.1 Å². The van der Waals surface area contributed by atoms with E-state index in [9.17, 15) is 5.11 Å². The maximum atomic E-state index is 9.63. The molecule has 3 nitrogen and oxygen atoms in total. The molecule has 0 aliphatic carbocycles. The standard InChI is InChI=1S/C17H20O3/c1-12-4-6-14(7-5-12)11-20-17-10-15(13(2)18)8-9-16(17)19-3/h4-10,13,18H,11H2,1-3H3. The summed E-state index contributed by atoms with van der Waals surface area (Å²) in [5.41, 5.74) is 3.13. The predicted octanol–water partition coefficient (Wildman–Crippen LogP) is 3.64. The third-order valence-electron chi connectivity index (χ3n) is 3.19. The Bertz CT molecular complexity index is 559. The Morgan fingerprint density at radius 2 is 1.75 bits per heavy atom. The minimum Gasteiger partial charge on any atom is -0.493 e. The van der Waals surface area contributed by atoms with E-state index < -0.39 is 6.10 Å². The fourth-order valence-corrected chi connectivity index (χ4v) is 1.91. The minimum absolute atomic E-state index is 0.472. The fourth-order valence-electron chi connectivity index (χ4n) is 1.91. The molecule has 1 N–H and O–H groups in total.